The molecule has 0 spiro atoms. The van der Waals surface area contributed by atoms with Crippen molar-refractivity contribution in [2.24, 2.45) is 17.8 Å². The van der Waals surface area contributed by atoms with E-state index in [0.717, 1.165) is 30.6 Å². The molecule has 3 unspecified atom stereocenters. The molecular formula is C14H22O. The van der Waals surface area contributed by atoms with Gasteiger partial charge in [-0.3, -0.25) is 4.79 Å². The quantitative estimate of drug-likeness (QED) is 0.638. The molecule has 2 aliphatic rings. The van der Waals surface area contributed by atoms with Gasteiger partial charge in [0.25, 0.3) is 0 Å². The molecule has 0 aromatic carbocycles. The maximum absolute atomic E-state index is 11.4. The van der Waals surface area contributed by atoms with Gasteiger partial charge in [0.2, 0.25) is 0 Å². The zero-order valence-electron chi connectivity index (χ0n) is 9.96. The fourth-order valence-electron chi connectivity index (χ4n) is 3.02. The zero-order valence-corrected chi connectivity index (χ0v) is 9.96. The summed E-state index contributed by atoms with van der Waals surface area (Å²) in [4.78, 5) is 11.4. The molecule has 0 N–H and O–H groups in total. The summed E-state index contributed by atoms with van der Waals surface area (Å²) >= 11 is 0. The van der Waals surface area contributed by atoms with E-state index < -0.39 is 0 Å². The number of hydrogen-bond acceptors (Lipinski definition) is 1. The Balaban J connectivity index is 2.02. The highest BCUT2D eigenvalue weighted by molar-refractivity contribution is 5.91. The van der Waals surface area contributed by atoms with Crippen LogP contribution in [0.4, 0.5) is 0 Å². The Morgan fingerprint density at radius 3 is 2.60 bits per heavy atom. The number of carbonyl (C=O) groups excluding carboxylic acids is 1. The number of carbonyl (C=O) groups is 1. The van der Waals surface area contributed by atoms with E-state index in [1.807, 2.05) is 6.08 Å². The third kappa shape index (κ3) is 2.50. The lowest BCUT2D eigenvalue weighted by Crippen LogP contribution is -2.23. The molecule has 0 saturated heterocycles. The van der Waals surface area contributed by atoms with Crippen molar-refractivity contribution in [1.82, 2.24) is 0 Å². The molecule has 1 fully saturated rings. The molecule has 0 amide bonds. The zero-order chi connectivity index (χ0) is 10.8. The molecule has 1 saturated carbocycles. The molecular weight excluding hydrogens is 184 g/mol. The number of ketones is 1. The van der Waals surface area contributed by atoms with Crippen LogP contribution in [-0.2, 0) is 4.79 Å². The molecule has 0 radical (unpaired) electrons. The van der Waals surface area contributed by atoms with Crippen LogP contribution in [0.1, 0.15) is 52.4 Å². The minimum atomic E-state index is 0.363. The lowest BCUT2D eigenvalue weighted by Gasteiger charge is -2.34. The summed E-state index contributed by atoms with van der Waals surface area (Å²) in [6, 6.07) is 0. The van der Waals surface area contributed by atoms with Crippen LogP contribution in [0.3, 0.4) is 0 Å². The summed E-state index contributed by atoms with van der Waals surface area (Å²) in [5.41, 5.74) is 1.46. The summed E-state index contributed by atoms with van der Waals surface area (Å²) in [6.07, 6.45) is 8.96. The maximum atomic E-state index is 11.4. The highest BCUT2D eigenvalue weighted by Gasteiger charge is 2.27. The van der Waals surface area contributed by atoms with E-state index in [4.69, 9.17) is 0 Å². The fourth-order valence-corrected chi connectivity index (χ4v) is 3.02. The van der Waals surface area contributed by atoms with Crippen molar-refractivity contribution in [2.75, 3.05) is 0 Å². The van der Waals surface area contributed by atoms with Crippen molar-refractivity contribution < 1.29 is 4.79 Å². The first-order valence-corrected chi connectivity index (χ1v) is 6.40. The van der Waals surface area contributed by atoms with Crippen LogP contribution < -0.4 is 0 Å². The normalized spacial score (nSPS) is 37.6. The predicted octanol–water partition coefficient (Wildman–Crippen LogP) is 3.74. The van der Waals surface area contributed by atoms with Crippen LogP contribution >= 0.6 is 0 Å². The van der Waals surface area contributed by atoms with Gasteiger partial charge in [0, 0.05) is 6.42 Å². The van der Waals surface area contributed by atoms with Crippen molar-refractivity contribution in [3.63, 3.8) is 0 Å². The third-order valence-corrected chi connectivity index (χ3v) is 4.36. The van der Waals surface area contributed by atoms with E-state index >= 15 is 0 Å². The van der Waals surface area contributed by atoms with Gasteiger partial charge in [0.05, 0.1) is 0 Å². The highest BCUT2D eigenvalue weighted by atomic mass is 16.1. The first-order valence-electron chi connectivity index (χ1n) is 6.40. The Morgan fingerprint density at radius 1 is 1.13 bits per heavy atom. The minimum absolute atomic E-state index is 0.363. The summed E-state index contributed by atoms with van der Waals surface area (Å²) < 4.78 is 0. The Hall–Kier alpha value is -0.590. The van der Waals surface area contributed by atoms with Crippen molar-refractivity contribution in [1.29, 1.82) is 0 Å². The van der Waals surface area contributed by atoms with Crippen molar-refractivity contribution in [2.45, 2.75) is 52.4 Å². The summed E-state index contributed by atoms with van der Waals surface area (Å²) in [5, 5.41) is 0. The monoisotopic (exact) mass is 206 g/mol. The average Bonchev–Trinajstić information content (AvgIpc) is 2.22. The molecule has 0 heterocycles. The van der Waals surface area contributed by atoms with Gasteiger partial charge in [-0.05, 0) is 55.9 Å². The van der Waals surface area contributed by atoms with Gasteiger partial charge in [-0.1, -0.05) is 19.4 Å². The Labute approximate surface area is 92.9 Å². The van der Waals surface area contributed by atoms with E-state index in [-0.39, 0.29) is 0 Å². The van der Waals surface area contributed by atoms with Gasteiger partial charge in [0.1, 0.15) is 0 Å². The Kier molecular flexibility index (Phi) is 3.28. The topological polar surface area (TPSA) is 17.1 Å². The lowest BCUT2D eigenvalue weighted by atomic mass is 9.71. The van der Waals surface area contributed by atoms with E-state index in [1.165, 1.54) is 31.3 Å². The molecule has 84 valence electrons. The Bertz CT molecular complexity index is 277. The van der Waals surface area contributed by atoms with E-state index in [9.17, 15) is 4.79 Å². The first kappa shape index (κ1) is 10.9. The van der Waals surface area contributed by atoms with Crippen LogP contribution in [0.5, 0.6) is 0 Å². The molecule has 0 aromatic rings. The highest BCUT2D eigenvalue weighted by Crippen LogP contribution is 2.39. The van der Waals surface area contributed by atoms with Crippen LogP contribution in [0.25, 0.3) is 0 Å². The van der Waals surface area contributed by atoms with Gasteiger partial charge < -0.3 is 0 Å². The molecule has 2 rings (SSSR count). The van der Waals surface area contributed by atoms with Crippen LogP contribution in [0.2, 0.25) is 0 Å². The fraction of sp³-hybridized carbons (Fsp3) is 0.786. The number of rotatable bonds is 1. The van der Waals surface area contributed by atoms with Gasteiger partial charge in [-0.25, -0.2) is 0 Å². The van der Waals surface area contributed by atoms with E-state index in [1.54, 1.807) is 0 Å². The molecule has 0 aromatic heterocycles. The van der Waals surface area contributed by atoms with E-state index in [0.29, 0.717) is 5.78 Å². The molecule has 1 nitrogen and oxygen atoms in total. The van der Waals surface area contributed by atoms with E-state index in [2.05, 4.69) is 13.8 Å². The van der Waals surface area contributed by atoms with Gasteiger partial charge in [0.15, 0.2) is 5.78 Å². The standard InChI is InChI=1S/C14H22O/c1-10-6-7-13(8-11(10)2)12-4-3-5-14(15)9-12/h9-11,13H,3-8H2,1-2H3. The van der Waals surface area contributed by atoms with Crippen molar-refractivity contribution in [3.05, 3.63) is 11.6 Å². The average molecular weight is 206 g/mol. The summed E-state index contributed by atoms with van der Waals surface area (Å²) in [5.74, 6) is 2.80. The first-order chi connectivity index (χ1) is 7.16. The number of allylic oxidation sites excluding steroid dienone is 2. The Morgan fingerprint density at radius 2 is 1.93 bits per heavy atom. The molecule has 1 heteroatoms. The molecule has 3 atom stereocenters. The third-order valence-electron chi connectivity index (χ3n) is 4.36. The molecule has 2 aliphatic carbocycles. The second kappa shape index (κ2) is 4.51. The molecule has 15 heavy (non-hydrogen) atoms. The smallest absolute Gasteiger partial charge is 0.155 e. The lowest BCUT2D eigenvalue weighted by molar-refractivity contribution is -0.115. The largest absolute Gasteiger partial charge is 0.295 e. The predicted molar refractivity (Wildman–Crippen MR) is 62.6 cm³/mol. The molecule has 0 bridgehead atoms. The van der Waals surface area contributed by atoms with Crippen LogP contribution in [0.15, 0.2) is 11.6 Å². The second-order valence-corrected chi connectivity index (χ2v) is 5.50. The van der Waals surface area contributed by atoms with Gasteiger partial charge in [-0.15, -0.1) is 0 Å². The number of hydrogen-bond donors (Lipinski definition) is 0. The maximum Gasteiger partial charge on any atom is 0.155 e. The molecule has 0 aliphatic heterocycles. The SMILES string of the molecule is CC1CCC(C2=CC(=O)CCC2)CC1C. The van der Waals surface area contributed by atoms with Crippen molar-refractivity contribution in [3.8, 4) is 0 Å². The van der Waals surface area contributed by atoms with Crippen molar-refractivity contribution >= 4 is 5.78 Å². The van der Waals surface area contributed by atoms with Crippen LogP contribution in [0, 0.1) is 17.8 Å². The minimum Gasteiger partial charge on any atom is -0.295 e. The van der Waals surface area contributed by atoms with Crippen LogP contribution in [-0.4, -0.2) is 5.78 Å². The summed E-state index contributed by atoms with van der Waals surface area (Å²) in [6.45, 7) is 4.73. The summed E-state index contributed by atoms with van der Waals surface area (Å²) in [7, 11) is 0. The second-order valence-electron chi connectivity index (χ2n) is 5.50. The van der Waals surface area contributed by atoms with Gasteiger partial charge >= 0.3 is 0 Å². The van der Waals surface area contributed by atoms with Gasteiger partial charge in [-0.2, -0.15) is 0 Å².